The minimum atomic E-state index is 0.585. The molecule has 1 saturated heterocycles. The first-order valence-electron chi connectivity index (χ1n) is 8.77. The third-order valence-corrected chi connectivity index (χ3v) is 4.64. The van der Waals surface area contributed by atoms with E-state index in [1.165, 1.54) is 12.8 Å². The first-order chi connectivity index (χ1) is 12.3. The Morgan fingerprint density at radius 2 is 2.08 bits per heavy atom. The van der Waals surface area contributed by atoms with Gasteiger partial charge in [-0.15, -0.1) is 0 Å². The van der Waals surface area contributed by atoms with Crippen molar-refractivity contribution < 1.29 is 0 Å². The summed E-state index contributed by atoms with van der Waals surface area (Å²) in [4.78, 5) is 23.5. The normalized spacial score (nSPS) is 17.6. The highest BCUT2D eigenvalue weighted by molar-refractivity contribution is 5.47. The Hall–Kier alpha value is -2.76. The zero-order valence-corrected chi connectivity index (χ0v) is 14.4. The molecule has 4 heterocycles. The molecule has 6 heteroatoms. The summed E-state index contributed by atoms with van der Waals surface area (Å²) in [5.74, 6) is 2.43. The lowest BCUT2D eigenvalue weighted by Crippen LogP contribution is -2.36. The highest BCUT2D eigenvalue weighted by atomic mass is 15.2. The van der Waals surface area contributed by atoms with E-state index in [-0.39, 0.29) is 0 Å². The summed E-state index contributed by atoms with van der Waals surface area (Å²) >= 11 is 0. The van der Waals surface area contributed by atoms with Gasteiger partial charge in [-0.1, -0.05) is 6.07 Å². The number of piperidine rings is 1. The van der Waals surface area contributed by atoms with E-state index in [2.05, 4.69) is 35.9 Å². The number of hydrogen-bond donors (Lipinski definition) is 1. The Bertz CT molecular complexity index is 811. The van der Waals surface area contributed by atoms with Gasteiger partial charge in [0.2, 0.25) is 0 Å². The minimum absolute atomic E-state index is 0.585. The van der Waals surface area contributed by atoms with Crippen LogP contribution < -0.4 is 4.90 Å². The Morgan fingerprint density at radius 3 is 2.80 bits per heavy atom. The van der Waals surface area contributed by atoms with Crippen molar-refractivity contribution in [1.82, 2.24) is 24.9 Å². The lowest BCUT2D eigenvalue weighted by Gasteiger charge is -2.33. The molecule has 3 aromatic rings. The molecule has 25 heavy (non-hydrogen) atoms. The van der Waals surface area contributed by atoms with Crippen LogP contribution in [-0.2, 0) is 6.42 Å². The zero-order valence-electron chi connectivity index (χ0n) is 14.4. The van der Waals surface area contributed by atoms with Crippen LogP contribution in [0.1, 0.15) is 24.2 Å². The van der Waals surface area contributed by atoms with Crippen LogP contribution in [0.5, 0.6) is 0 Å². The molecule has 4 rings (SSSR count). The predicted octanol–water partition coefficient (Wildman–Crippen LogP) is 3.03. The molecule has 0 aromatic carbocycles. The number of hydrogen-bond acceptors (Lipinski definition) is 5. The van der Waals surface area contributed by atoms with Crippen LogP contribution in [0, 0.1) is 12.8 Å². The maximum atomic E-state index is 4.60. The fourth-order valence-corrected chi connectivity index (χ4v) is 3.40. The van der Waals surface area contributed by atoms with Gasteiger partial charge in [-0.05, 0) is 44.2 Å². The smallest absolute Gasteiger partial charge is 0.157 e. The molecule has 3 aromatic heterocycles. The van der Waals surface area contributed by atoms with Gasteiger partial charge in [0.1, 0.15) is 11.5 Å². The van der Waals surface area contributed by atoms with Gasteiger partial charge >= 0.3 is 0 Å². The van der Waals surface area contributed by atoms with Crippen LogP contribution in [0.25, 0.3) is 11.5 Å². The molecule has 1 aliphatic heterocycles. The molecule has 1 aliphatic rings. The van der Waals surface area contributed by atoms with E-state index in [0.717, 1.165) is 48.2 Å². The Labute approximate surface area is 147 Å². The quantitative estimate of drug-likeness (QED) is 0.794. The van der Waals surface area contributed by atoms with Crippen LogP contribution in [-0.4, -0.2) is 38.0 Å². The third kappa shape index (κ3) is 3.68. The Morgan fingerprint density at radius 1 is 1.12 bits per heavy atom. The number of nitrogens with zero attached hydrogens (tertiary/aromatic N) is 5. The number of pyridine rings is 1. The molecule has 6 nitrogen and oxygen atoms in total. The molecule has 1 atom stereocenters. The number of imidazole rings is 1. The van der Waals surface area contributed by atoms with E-state index in [1.54, 1.807) is 6.20 Å². The summed E-state index contributed by atoms with van der Waals surface area (Å²) in [7, 11) is 0. The fourth-order valence-electron chi connectivity index (χ4n) is 3.40. The molecule has 0 saturated carbocycles. The maximum absolute atomic E-state index is 4.60. The topological polar surface area (TPSA) is 70.6 Å². The van der Waals surface area contributed by atoms with E-state index in [4.69, 9.17) is 0 Å². The Kier molecular flexibility index (Phi) is 4.41. The molecule has 0 amide bonds. The van der Waals surface area contributed by atoms with Crippen molar-refractivity contribution in [2.75, 3.05) is 18.0 Å². The van der Waals surface area contributed by atoms with Gasteiger partial charge < -0.3 is 9.88 Å². The van der Waals surface area contributed by atoms with Gasteiger partial charge in [-0.2, -0.15) is 0 Å². The number of rotatable bonds is 4. The van der Waals surface area contributed by atoms with E-state index in [1.807, 2.05) is 37.6 Å². The maximum Gasteiger partial charge on any atom is 0.157 e. The summed E-state index contributed by atoms with van der Waals surface area (Å²) in [6.45, 7) is 4.09. The second-order valence-electron chi connectivity index (χ2n) is 6.65. The van der Waals surface area contributed by atoms with Gasteiger partial charge in [0, 0.05) is 37.4 Å². The average Bonchev–Trinajstić information content (AvgIpc) is 3.10. The standard InChI is InChI=1S/C19H22N6/c1-14-10-23-19(24-14)17-12-21-16(11-22-17)9-15-5-4-8-25(13-15)18-6-2-3-7-20-18/h2-3,6-7,10-12,15H,4-5,8-9,13H2,1H3,(H,23,24)/t15-/m1/s1. The van der Waals surface area contributed by atoms with E-state index in [9.17, 15) is 0 Å². The number of anilines is 1. The van der Waals surface area contributed by atoms with Crippen LogP contribution in [0.4, 0.5) is 5.82 Å². The lowest BCUT2D eigenvalue weighted by atomic mass is 9.93. The van der Waals surface area contributed by atoms with Gasteiger partial charge in [0.25, 0.3) is 0 Å². The van der Waals surface area contributed by atoms with Crippen molar-refractivity contribution in [3.8, 4) is 11.5 Å². The number of H-pyrrole nitrogens is 1. The Balaban J connectivity index is 1.41. The summed E-state index contributed by atoms with van der Waals surface area (Å²) < 4.78 is 0. The zero-order chi connectivity index (χ0) is 17.1. The van der Waals surface area contributed by atoms with E-state index < -0.39 is 0 Å². The molecule has 1 fully saturated rings. The molecule has 0 radical (unpaired) electrons. The highest BCUT2D eigenvalue weighted by Gasteiger charge is 2.21. The summed E-state index contributed by atoms with van der Waals surface area (Å²) in [6.07, 6.45) is 10.7. The number of aromatic amines is 1. The second kappa shape index (κ2) is 7.01. The van der Waals surface area contributed by atoms with E-state index >= 15 is 0 Å². The molecule has 0 bridgehead atoms. The summed E-state index contributed by atoms with van der Waals surface area (Å²) in [5.41, 5.74) is 2.85. The van der Waals surface area contributed by atoms with Crippen LogP contribution in [0.3, 0.4) is 0 Å². The van der Waals surface area contributed by atoms with Crippen molar-refractivity contribution in [3.05, 3.63) is 54.4 Å². The predicted molar refractivity (Wildman–Crippen MR) is 97.2 cm³/mol. The van der Waals surface area contributed by atoms with Crippen molar-refractivity contribution in [1.29, 1.82) is 0 Å². The van der Waals surface area contributed by atoms with Gasteiger partial charge in [-0.25, -0.2) is 15.0 Å². The number of nitrogens with one attached hydrogen (secondary N) is 1. The van der Waals surface area contributed by atoms with Crippen molar-refractivity contribution in [2.45, 2.75) is 26.2 Å². The third-order valence-electron chi connectivity index (χ3n) is 4.64. The van der Waals surface area contributed by atoms with E-state index in [0.29, 0.717) is 5.92 Å². The number of aryl methyl sites for hydroxylation is 1. The van der Waals surface area contributed by atoms with Crippen molar-refractivity contribution >= 4 is 5.82 Å². The number of aromatic nitrogens is 5. The molecular formula is C19H22N6. The molecule has 1 N–H and O–H groups in total. The highest BCUT2D eigenvalue weighted by Crippen LogP contribution is 2.24. The summed E-state index contributed by atoms with van der Waals surface area (Å²) in [5, 5.41) is 0. The SMILES string of the molecule is Cc1cnc(-c2cnc(C[C@H]3CCCN(c4ccccn4)C3)cn2)[nH]1. The van der Waals surface area contributed by atoms with Crippen LogP contribution >= 0.6 is 0 Å². The molecule has 0 unspecified atom stereocenters. The first kappa shape index (κ1) is 15.7. The second-order valence-corrected chi connectivity index (χ2v) is 6.65. The first-order valence-corrected chi connectivity index (χ1v) is 8.77. The van der Waals surface area contributed by atoms with Crippen molar-refractivity contribution in [2.24, 2.45) is 5.92 Å². The molecule has 128 valence electrons. The van der Waals surface area contributed by atoms with Crippen LogP contribution in [0.15, 0.2) is 43.0 Å². The minimum Gasteiger partial charge on any atom is -0.356 e. The molecule has 0 spiro atoms. The van der Waals surface area contributed by atoms with Crippen molar-refractivity contribution in [3.63, 3.8) is 0 Å². The monoisotopic (exact) mass is 334 g/mol. The summed E-state index contributed by atoms with van der Waals surface area (Å²) in [6, 6.07) is 6.09. The lowest BCUT2D eigenvalue weighted by molar-refractivity contribution is 0.408. The van der Waals surface area contributed by atoms with Gasteiger partial charge in [0.05, 0.1) is 11.9 Å². The largest absolute Gasteiger partial charge is 0.356 e. The van der Waals surface area contributed by atoms with Gasteiger partial charge in [-0.3, -0.25) is 4.98 Å². The molecular weight excluding hydrogens is 312 g/mol. The fraction of sp³-hybridized carbons (Fsp3) is 0.368. The molecule has 0 aliphatic carbocycles. The van der Waals surface area contributed by atoms with Crippen LogP contribution in [0.2, 0.25) is 0 Å². The van der Waals surface area contributed by atoms with Gasteiger partial charge in [0.15, 0.2) is 5.82 Å². The average molecular weight is 334 g/mol.